The highest BCUT2D eigenvalue weighted by Crippen LogP contribution is 2.24. The number of halogens is 2. The van der Waals surface area contributed by atoms with Crippen molar-refractivity contribution in [2.45, 2.75) is 6.04 Å². The lowest BCUT2D eigenvalue weighted by Crippen LogP contribution is -2.50. The minimum atomic E-state index is -1.46. The Balaban J connectivity index is 1.51. The number of benzene rings is 2. The summed E-state index contributed by atoms with van der Waals surface area (Å²) in [6.45, 7) is -0.842. The largest absolute Gasteiger partial charge is 0.480 e. The molecule has 13 heteroatoms. The molecule has 11 nitrogen and oxygen atoms in total. The summed E-state index contributed by atoms with van der Waals surface area (Å²) in [4.78, 5) is 55.4. The van der Waals surface area contributed by atoms with Crippen molar-refractivity contribution in [1.29, 1.82) is 0 Å². The zero-order valence-corrected chi connectivity index (χ0v) is 19.5. The van der Waals surface area contributed by atoms with Crippen molar-refractivity contribution in [3.8, 4) is 0 Å². The number of hydrogen-bond donors (Lipinski definition) is 6. The van der Waals surface area contributed by atoms with E-state index in [1.807, 2.05) is 0 Å². The Morgan fingerprint density at radius 1 is 1.00 bits per heavy atom. The van der Waals surface area contributed by atoms with Gasteiger partial charge in [-0.2, -0.15) is 0 Å². The predicted octanol–water partition coefficient (Wildman–Crippen LogP) is 2.19. The molecule has 0 spiro atoms. The number of carboxylic acid groups (broad SMARTS) is 1. The van der Waals surface area contributed by atoms with Gasteiger partial charge in [-0.25, -0.2) is 9.78 Å². The Morgan fingerprint density at radius 2 is 1.71 bits per heavy atom. The Kier molecular flexibility index (Phi) is 8.65. The maximum atomic E-state index is 12.4. The van der Waals surface area contributed by atoms with E-state index in [-0.39, 0.29) is 15.6 Å². The zero-order valence-electron chi connectivity index (χ0n) is 18.0. The third-order valence-corrected chi connectivity index (χ3v) is 5.22. The van der Waals surface area contributed by atoms with E-state index in [4.69, 9.17) is 23.2 Å². The third kappa shape index (κ3) is 7.19. The van der Waals surface area contributed by atoms with Gasteiger partial charge in [0.25, 0.3) is 11.8 Å². The molecule has 0 radical (unpaired) electrons. The average molecular weight is 519 g/mol. The molecule has 0 aliphatic heterocycles. The van der Waals surface area contributed by atoms with Crippen LogP contribution in [0.4, 0.5) is 11.6 Å². The molecule has 1 aromatic heterocycles. The molecule has 0 fully saturated rings. The number of anilines is 2. The van der Waals surface area contributed by atoms with Gasteiger partial charge >= 0.3 is 5.97 Å². The summed E-state index contributed by atoms with van der Waals surface area (Å²) in [5, 5.41) is 19.5. The van der Waals surface area contributed by atoms with Gasteiger partial charge in [0.1, 0.15) is 6.04 Å². The second-order valence-electron chi connectivity index (χ2n) is 7.09. The van der Waals surface area contributed by atoms with Crippen molar-refractivity contribution in [1.82, 2.24) is 25.9 Å². The summed E-state index contributed by atoms with van der Waals surface area (Å²) in [5.74, 6) is -2.86. The summed E-state index contributed by atoms with van der Waals surface area (Å²) >= 11 is 11.9. The van der Waals surface area contributed by atoms with Crippen LogP contribution in [0, 0.1) is 0 Å². The number of aromatic amines is 1. The van der Waals surface area contributed by atoms with E-state index < -0.39 is 42.8 Å². The first-order chi connectivity index (χ1) is 16.7. The summed E-state index contributed by atoms with van der Waals surface area (Å²) in [7, 11) is 0. The number of nitrogens with one attached hydrogen (secondary N) is 5. The molecular weight excluding hydrogens is 499 g/mol. The van der Waals surface area contributed by atoms with Gasteiger partial charge < -0.3 is 31.4 Å². The van der Waals surface area contributed by atoms with Crippen molar-refractivity contribution >= 4 is 58.5 Å². The van der Waals surface area contributed by atoms with Crippen LogP contribution in [0.3, 0.4) is 0 Å². The molecule has 0 bridgehead atoms. The molecule has 3 amide bonds. The first-order valence-corrected chi connectivity index (χ1v) is 10.9. The molecule has 6 N–H and O–H groups in total. The van der Waals surface area contributed by atoms with E-state index in [0.717, 1.165) is 0 Å². The monoisotopic (exact) mass is 518 g/mol. The molecule has 0 aliphatic carbocycles. The number of imidazole rings is 1. The van der Waals surface area contributed by atoms with E-state index in [1.165, 1.54) is 18.2 Å². The fourth-order valence-corrected chi connectivity index (χ4v) is 3.46. The fraction of sp³-hybridized carbons (Fsp3) is 0.136. The highest BCUT2D eigenvalue weighted by molar-refractivity contribution is 6.39. The maximum absolute atomic E-state index is 12.4. The smallest absolute Gasteiger partial charge is 0.328 e. The minimum absolute atomic E-state index is 0.0503. The van der Waals surface area contributed by atoms with Crippen LogP contribution in [-0.2, 0) is 9.59 Å². The van der Waals surface area contributed by atoms with E-state index in [9.17, 15) is 24.3 Å². The van der Waals surface area contributed by atoms with Crippen LogP contribution in [0.2, 0.25) is 10.0 Å². The van der Waals surface area contributed by atoms with Crippen LogP contribution in [0.5, 0.6) is 0 Å². The van der Waals surface area contributed by atoms with E-state index in [2.05, 4.69) is 31.2 Å². The summed E-state index contributed by atoms with van der Waals surface area (Å²) in [6.07, 6.45) is 3.22. The minimum Gasteiger partial charge on any atom is -0.480 e. The van der Waals surface area contributed by atoms with Crippen molar-refractivity contribution < 1.29 is 24.3 Å². The lowest BCUT2D eigenvalue weighted by Gasteiger charge is -2.16. The summed E-state index contributed by atoms with van der Waals surface area (Å²) in [5.41, 5.74) is 0.821. The molecule has 3 aromatic rings. The highest BCUT2D eigenvalue weighted by atomic mass is 35.5. The number of rotatable bonds is 10. The lowest BCUT2D eigenvalue weighted by molar-refractivity contribution is -0.139. The number of nitrogens with zero attached hydrogens (tertiary/aromatic N) is 1. The summed E-state index contributed by atoms with van der Waals surface area (Å²) in [6, 6.07) is 9.49. The number of aliphatic carboxylic acids is 1. The van der Waals surface area contributed by atoms with E-state index in [1.54, 1.807) is 36.7 Å². The molecule has 0 aliphatic rings. The lowest BCUT2D eigenvalue weighted by atomic mass is 10.2. The third-order valence-electron chi connectivity index (χ3n) is 4.59. The van der Waals surface area contributed by atoms with Gasteiger partial charge in [-0.05, 0) is 30.3 Å². The van der Waals surface area contributed by atoms with Gasteiger partial charge in [0.15, 0.2) is 0 Å². The number of H-pyrrole nitrogens is 1. The molecule has 35 heavy (non-hydrogen) atoms. The molecule has 0 saturated carbocycles. The van der Waals surface area contributed by atoms with Crippen molar-refractivity contribution in [3.05, 3.63) is 76.0 Å². The number of hydrogen-bond acceptors (Lipinski definition) is 6. The highest BCUT2D eigenvalue weighted by Gasteiger charge is 2.24. The van der Waals surface area contributed by atoms with Crippen LogP contribution in [-0.4, -0.2) is 57.9 Å². The number of carbonyl (C=O) groups excluding carboxylic acids is 3. The first-order valence-electron chi connectivity index (χ1n) is 10.1. The van der Waals surface area contributed by atoms with Crippen LogP contribution in [0.25, 0.3) is 0 Å². The molecule has 1 atom stereocenters. The Hall–Kier alpha value is -4.09. The van der Waals surface area contributed by atoms with Crippen molar-refractivity contribution in [2.75, 3.05) is 18.4 Å². The van der Waals surface area contributed by atoms with Gasteiger partial charge in [0.05, 0.1) is 22.2 Å². The first kappa shape index (κ1) is 25.5. The maximum Gasteiger partial charge on any atom is 0.328 e. The second kappa shape index (κ2) is 11.9. The molecule has 0 unspecified atom stereocenters. The average Bonchev–Trinajstić information content (AvgIpc) is 3.33. The van der Waals surface area contributed by atoms with Crippen LogP contribution < -0.4 is 21.3 Å². The van der Waals surface area contributed by atoms with Crippen molar-refractivity contribution in [3.63, 3.8) is 0 Å². The van der Waals surface area contributed by atoms with Crippen LogP contribution in [0.1, 0.15) is 20.7 Å². The molecule has 0 saturated heterocycles. The molecule has 3 rings (SSSR count). The normalized spacial score (nSPS) is 11.3. The number of carboxylic acids is 1. The number of carbonyl (C=O) groups is 4. The Morgan fingerprint density at radius 3 is 2.37 bits per heavy atom. The number of aromatic nitrogens is 2. The fourth-order valence-electron chi connectivity index (χ4n) is 2.89. The van der Waals surface area contributed by atoms with Gasteiger partial charge in [-0.15, -0.1) is 0 Å². The van der Waals surface area contributed by atoms with Gasteiger partial charge in [0, 0.05) is 30.2 Å². The molecule has 2 aromatic carbocycles. The standard InChI is InChI=1S/C22H20Cl2N6O5/c23-14-5-2-6-15(24)18(14)20(33)30-16(21(34)35)10-27-17(31)11-28-19(32)12-3-1-4-13(9-12)29-22-25-7-8-26-22/h1-9,16H,10-11H2,(H,27,31)(H,28,32)(H,30,33)(H,34,35)(H2,25,26,29)/t16-/m0/s1. The van der Waals surface area contributed by atoms with Crippen LogP contribution >= 0.6 is 23.2 Å². The Labute approximate surface area is 209 Å². The van der Waals surface area contributed by atoms with E-state index in [0.29, 0.717) is 17.2 Å². The molecule has 1 heterocycles. The van der Waals surface area contributed by atoms with Gasteiger partial charge in [-0.3, -0.25) is 14.4 Å². The summed E-state index contributed by atoms with van der Waals surface area (Å²) < 4.78 is 0. The molecular formula is C22H20Cl2N6O5. The topological polar surface area (TPSA) is 165 Å². The van der Waals surface area contributed by atoms with Gasteiger partial charge in [0.2, 0.25) is 11.9 Å². The van der Waals surface area contributed by atoms with E-state index >= 15 is 0 Å². The van der Waals surface area contributed by atoms with Gasteiger partial charge in [-0.1, -0.05) is 35.3 Å². The SMILES string of the molecule is O=C(CNC(=O)c1cccc(Nc2ncc[nH]2)c1)NC[C@H](NC(=O)c1c(Cl)cccc1Cl)C(=O)O. The Bertz CT molecular complexity index is 1210. The quantitative estimate of drug-likeness (QED) is 0.239. The van der Waals surface area contributed by atoms with Crippen LogP contribution in [0.15, 0.2) is 54.9 Å². The predicted molar refractivity (Wildman–Crippen MR) is 129 cm³/mol. The number of amides is 3. The van der Waals surface area contributed by atoms with Crippen molar-refractivity contribution in [2.24, 2.45) is 0 Å². The second-order valence-corrected chi connectivity index (χ2v) is 7.91. The zero-order chi connectivity index (χ0) is 25.4. The molecule has 182 valence electrons.